The molecule has 3 aromatic rings. The number of methoxy groups -OCH3 is 1. The third-order valence-electron chi connectivity index (χ3n) is 4.42. The average Bonchev–Trinajstić information content (AvgIpc) is 3.16. The summed E-state index contributed by atoms with van der Waals surface area (Å²) in [5, 5.41) is 14.9. The number of rotatable bonds is 8. The third kappa shape index (κ3) is 5.25. The molecule has 3 rings (SSSR count). The summed E-state index contributed by atoms with van der Waals surface area (Å²) in [4.78, 5) is 24.9. The predicted octanol–water partition coefficient (Wildman–Crippen LogP) is 5.59. The van der Waals surface area contributed by atoms with Gasteiger partial charge in [-0.2, -0.15) is 0 Å². The van der Waals surface area contributed by atoms with E-state index in [-0.39, 0.29) is 17.9 Å². The largest absolute Gasteiger partial charge is 0.497 e. The number of nitrogens with one attached hydrogen (secondary N) is 1. The first-order valence-corrected chi connectivity index (χ1v) is 10.9. The molecule has 150 valence electrons. The number of ether oxygens (including phenoxy) is 1. The minimum atomic E-state index is -1.06. The molecule has 0 unspecified atom stereocenters. The van der Waals surface area contributed by atoms with Crippen LogP contribution in [-0.4, -0.2) is 24.1 Å². The van der Waals surface area contributed by atoms with Crippen molar-refractivity contribution in [3.8, 4) is 16.2 Å². The van der Waals surface area contributed by atoms with Crippen LogP contribution in [0.25, 0.3) is 10.4 Å². The quantitative estimate of drug-likeness (QED) is 0.418. The van der Waals surface area contributed by atoms with Crippen molar-refractivity contribution in [1.82, 2.24) is 0 Å². The fraction of sp³-hybridized carbons (Fsp3) is 0.182. The van der Waals surface area contributed by atoms with E-state index in [0.29, 0.717) is 17.0 Å². The molecule has 0 aliphatic rings. The standard InChI is InChI=1S/C22H20BrNO4S/c1-28-17-4-2-3-14(11-17)7-10-19(25)24-18-13-29-21(20(18)22(26)27)16-8-5-15(12-23)6-9-16/h2-6,8-9,11,13H,7,10,12H2,1H3,(H,24,25)(H,26,27). The Morgan fingerprint density at radius 3 is 2.55 bits per heavy atom. The number of aryl methyl sites for hydroxylation is 1. The Morgan fingerprint density at radius 1 is 1.14 bits per heavy atom. The number of carboxylic acid groups (broad SMARTS) is 1. The van der Waals surface area contributed by atoms with Gasteiger partial charge in [0.15, 0.2) is 0 Å². The molecule has 2 N–H and O–H groups in total. The third-order valence-corrected chi connectivity index (χ3v) is 6.10. The summed E-state index contributed by atoms with van der Waals surface area (Å²) >= 11 is 4.71. The number of halogens is 1. The molecule has 0 saturated heterocycles. The Kier molecular flexibility index (Phi) is 7.06. The van der Waals surface area contributed by atoms with Crippen LogP contribution in [0.15, 0.2) is 53.9 Å². The number of carboxylic acids is 1. The van der Waals surface area contributed by atoms with Gasteiger partial charge in [-0.15, -0.1) is 11.3 Å². The summed E-state index contributed by atoms with van der Waals surface area (Å²) < 4.78 is 5.19. The van der Waals surface area contributed by atoms with Crippen LogP contribution in [0.5, 0.6) is 5.75 Å². The molecule has 0 radical (unpaired) electrons. The molecule has 0 atom stereocenters. The van der Waals surface area contributed by atoms with Gasteiger partial charge in [0.25, 0.3) is 0 Å². The maximum atomic E-state index is 12.4. The fourth-order valence-corrected chi connectivity index (χ4v) is 4.29. The number of benzene rings is 2. The van der Waals surface area contributed by atoms with Crippen molar-refractivity contribution in [3.05, 3.63) is 70.6 Å². The zero-order chi connectivity index (χ0) is 20.8. The van der Waals surface area contributed by atoms with Crippen molar-refractivity contribution < 1.29 is 19.4 Å². The van der Waals surface area contributed by atoms with Gasteiger partial charge >= 0.3 is 5.97 Å². The van der Waals surface area contributed by atoms with Crippen molar-refractivity contribution in [2.75, 3.05) is 12.4 Å². The molecule has 0 spiro atoms. The van der Waals surface area contributed by atoms with E-state index in [1.165, 1.54) is 11.3 Å². The van der Waals surface area contributed by atoms with E-state index in [1.54, 1.807) is 12.5 Å². The Hall–Kier alpha value is -2.64. The van der Waals surface area contributed by atoms with E-state index in [2.05, 4.69) is 21.2 Å². The Balaban J connectivity index is 1.73. The van der Waals surface area contributed by atoms with Crippen LogP contribution < -0.4 is 10.1 Å². The molecule has 5 nitrogen and oxygen atoms in total. The summed E-state index contributed by atoms with van der Waals surface area (Å²) in [6.45, 7) is 0. The smallest absolute Gasteiger partial charge is 0.339 e. The average molecular weight is 474 g/mol. The number of carbonyl (C=O) groups is 2. The van der Waals surface area contributed by atoms with Crippen molar-refractivity contribution >= 4 is 44.8 Å². The lowest BCUT2D eigenvalue weighted by Crippen LogP contribution is -2.14. The van der Waals surface area contributed by atoms with Gasteiger partial charge in [-0.25, -0.2) is 4.79 Å². The van der Waals surface area contributed by atoms with Crippen molar-refractivity contribution in [2.24, 2.45) is 0 Å². The number of carbonyl (C=O) groups excluding carboxylic acids is 1. The lowest BCUT2D eigenvalue weighted by molar-refractivity contribution is -0.116. The molecule has 2 aromatic carbocycles. The van der Waals surface area contributed by atoms with Crippen LogP contribution in [0.4, 0.5) is 5.69 Å². The SMILES string of the molecule is COc1cccc(CCC(=O)Nc2csc(-c3ccc(CBr)cc3)c2C(=O)O)c1. The molecular formula is C22H20BrNO4S. The molecule has 0 aliphatic heterocycles. The highest BCUT2D eigenvalue weighted by molar-refractivity contribution is 9.08. The second-order valence-corrected chi connectivity index (χ2v) is 7.83. The van der Waals surface area contributed by atoms with Gasteiger partial charge in [-0.05, 0) is 35.2 Å². The number of thiophene rings is 1. The fourth-order valence-electron chi connectivity index (χ4n) is 2.92. The van der Waals surface area contributed by atoms with Gasteiger partial charge in [0.1, 0.15) is 11.3 Å². The second-order valence-electron chi connectivity index (χ2n) is 6.39. The normalized spacial score (nSPS) is 10.6. The first-order chi connectivity index (χ1) is 14.0. The molecule has 29 heavy (non-hydrogen) atoms. The van der Waals surface area contributed by atoms with E-state index in [1.807, 2.05) is 48.5 Å². The number of aromatic carboxylic acids is 1. The molecule has 0 saturated carbocycles. The van der Waals surface area contributed by atoms with E-state index in [9.17, 15) is 14.7 Å². The zero-order valence-corrected chi connectivity index (χ0v) is 18.2. The summed E-state index contributed by atoms with van der Waals surface area (Å²) in [6, 6.07) is 15.2. The molecule has 0 bridgehead atoms. The Labute approximate surface area is 181 Å². The topological polar surface area (TPSA) is 75.6 Å². The van der Waals surface area contributed by atoms with E-state index in [4.69, 9.17) is 4.74 Å². The van der Waals surface area contributed by atoms with E-state index in [0.717, 1.165) is 27.8 Å². The van der Waals surface area contributed by atoms with Crippen molar-refractivity contribution in [2.45, 2.75) is 18.2 Å². The van der Waals surface area contributed by atoms with Gasteiger partial charge in [0.05, 0.1) is 17.7 Å². The first-order valence-electron chi connectivity index (χ1n) is 8.94. The molecule has 0 aliphatic carbocycles. The van der Waals surface area contributed by atoms with Gasteiger partial charge in [-0.3, -0.25) is 4.79 Å². The maximum Gasteiger partial charge on any atom is 0.339 e. The number of hydrogen-bond acceptors (Lipinski definition) is 4. The van der Waals surface area contributed by atoms with Gasteiger partial charge in [0, 0.05) is 17.1 Å². The van der Waals surface area contributed by atoms with Crippen LogP contribution >= 0.6 is 27.3 Å². The van der Waals surface area contributed by atoms with Crippen molar-refractivity contribution in [1.29, 1.82) is 0 Å². The molecular weight excluding hydrogens is 454 g/mol. The Bertz CT molecular complexity index is 1010. The van der Waals surface area contributed by atoms with Crippen LogP contribution in [-0.2, 0) is 16.5 Å². The number of anilines is 1. The predicted molar refractivity (Wildman–Crippen MR) is 119 cm³/mol. The number of hydrogen-bond donors (Lipinski definition) is 2. The highest BCUT2D eigenvalue weighted by atomic mass is 79.9. The zero-order valence-electron chi connectivity index (χ0n) is 15.8. The molecule has 1 heterocycles. The van der Waals surface area contributed by atoms with Crippen LogP contribution in [0, 0.1) is 0 Å². The highest BCUT2D eigenvalue weighted by Crippen LogP contribution is 2.36. The number of amides is 1. The summed E-state index contributed by atoms with van der Waals surface area (Å²) in [5.74, 6) is -0.548. The lowest BCUT2D eigenvalue weighted by atomic mass is 10.1. The van der Waals surface area contributed by atoms with Crippen molar-refractivity contribution in [3.63, 3.8) is 0 Å². The first kappa shape index (κ1) is 21.1. The van der Waals surface area contributed by atoms with Gasteiger partial charge in [0.2, 0.25) is 5.91 Å². The van der Waals surface area contributed by atoms with E-state index >= 15 is 0 Å². The molecule has 7 heteroatoms. The molecule has 1 aromatic heterocycles. The lowest BCUT2D eigenvalue weighted by Gasteiger charge is -2.07. The second kappa shape index (κ2) is 9.71. The minimum absolute atomic E-state index is 0.122. The summed E-state index contributed by atoms with van der Waals surface area (Å²) in [5.41, 5.74) is 3.35. The van der Waals surface area contributed by atoms with Crippen LogP contribution in [0.2, 0.25) is 0 Å². The molecule has 0 fully saturated rings. The van der Waals surface area contributed by atoms with Gasteiger partial charge < -0.3 is 15.2 Å². The monoisotopic (exact) mass is 473 g/mol. The van der Waals surface area contributed by atoms with Crippen LogP contribution in [0.3, 0.4) is 0 Å². The minimum Gasteiger partial charge on any atom is -0.497 e. The molecule has 1 amide bonds. The van der Waals surface area contributed by atoms with E-state index < -0.39 is 5.97 Å². The van der Waals surface area contributed by atoms with Gasteiger partial charge in [-0.1, -0.05) is 52.3 Å². The maximum absolute atomic E-state index is 12.4. The number of alkyl halides is 1. The summed E-state index contributed by atoms with van der Waals surface area (Å²) in [7, 11) is 1.60. The summed E-state index contributed by atoms with van der Waals surface area (Å²) in [6.07, 6.45) is 0.786. The highest BCUT2D eigenvalue weighted by Gasteiger charge is 2.21. The Morgan fingerprint density at radius 2 is 1.90 bits per heavy atom. The van der Waals surface area contributed by atoms with Crippen LogP contribution in [0.1, 0.15) is 27.9 Å².